The third kappa shape index (κ3) is 3.29. The second-order valence-electron chi connectivity index (χ2n) is 5.52. The van der Waals surface area contributed by atoms with Crippen molar-refractivity contribution in [2.24, 2.45) is 7.05 Å². The Balaban J connectivity index is 1.75. The first-order chi connectivity index (χ1) is 11.5. The fraction of sp³-hybridized carbons (Fsp3) is 0.235. The van der Waals surface area contributed by atoms with E-state index in [0.717, 1.165) is 11.0 Å². The molecule has 3 rings (SSSR count). The van der Waals surface area contributed by atoms with Gasteiger partial charge in [-0.2, -0.15) is 0 Å². The van der Waals surface area contributed by atoms with Crippen LogP contribution in [0.2, 0.25) is 10.0 Å². The maximum Gasteiger partial charge on any atom is 0.202 e. The van der Waals surface area contributed by atoms with Gasteiger partial charge in [0, 0.05) is 12.1 Å². The van der Waals surface area contributed by atoms with Crippen molar-refractivity contribution in [2.75, 3.05) is 6.61 Å². The molecule has 0 aliphatic heterocycles. The molecule has 3 aromatic rings. The maximum atomic E-state index is 10.3. The van der Waals surface area contributed by atoms with Crippen LogP contribution in [-0.2, 0) is 13.6 Å². The Morgan fingerprint density at radius 2 is 1.88 bits per heavy atom. The lowest BCUT2D eigenvalue weighted by Crippen LogP contribution is -2.30. The lowest BCUT2D eigenvalue weighted by atomic mass is 10.3. The van der Waals surface area contributed by atoms with Gasteiger partial charge in [-0.25, -0.2) is 0 Å². The van der Waals surface area contributed by atoms with Gasteiger partial charge in [0.05, 0.1) is 22.6 Å². The third-order valence-corrected chi connectivity index (χ3v) is 4.36. The summed E-state index contributed by atoms with van der Waals surface area (Å²) in [7, 11) is 1.83. The van der Waals surface area contributed by atoms with Crippen LogP contribution in [0.1, 0.15) is 0 Å². The zero-order valence-electron chi connectivity index (χ0n) is 13.0. The average molecular weight is 366 g/mol. The number of fused-ring (bicyclic) bond motifs is 1. The highest BCUT2D eigenvalue weighted by molar-refractivity contribution is 6.35. The Bertz CT molecular complexity index is 933. The summed E-state index contributed by atoms with van der Waals surface area (Å²) in [6.07, 6.45) is -0.781. The molecule has 0 unspecified atom stereocenters. The highest BCUT2D eigenvalue weighted by atomic mass is 35.5. The van der Waals surface area contributed by atoms with E-state index in [2.05, 4.69) is 0 Å². The molecule has 0 radical (unpaired) electrons. The van der Waals surface area contributed by atoms with Crippen molar-refractivity contribution in [3.05, 3.63) is 58.1 Å². The SMILES string of the molecule is Cn1c(=N)n(C[C@H](O)COc2ccc(Cl)cc2Cl)c2ccccc21. The van der Waals surface area contributed by atoms with Crippen molar-refractivity contribution in [3.63, 3.8) is 0 Å². The molecule has 2 N–H and O–H groups in total. The summed E-state index contributed by atoms with van der Waals surface area (Å²) in [4.78, 5) is 0. The van der Waals surface area contributed by atoms with Gasteiger partial charge in [0.25, 0.3) is 0 Å². The molecular weight excluding hydrogens is 349 g/mol. The van der Waals surface area contributed by atoms with Crippen LogP contribution in [0.5, 0.6) is 5.75 Å². The number of imidazole rings is 1. The predicted molar refractivity (Wildman–Crippen MR) is 94.7 cm³/mol. The van der Waals surface area contributed by atoms with Crippen molar-refractivity contribution in [1.82, 2.24) is 9.13 Å². The Kier molecular flexibility index (Phi) is 4.85. The Morgan fingerprint density at radius 3 is 2.58 bits per heavy atom. The van der Waals surface area contributed by atoms with Gasteiger partial charge in [-0.3, -0.25) is 5.41 Å². The summed E-state index contributed by atoms with van der Waals surface area (Å²) in [5.41, 5.74) is 2.16. The number of aliphatic hydroxyl groups excluding tert-OH is 1. The normalized spacial score (nSPS) is 12.5. The van der Waals surface area contributed by atoms with Crippen LogP contribution in [0.25, 0.3) is 11.0 Å². The minimum Gasteiger partial charge on any atom is -0.489 e. The van der Waals surface area contributed by atoms with Gasteiger partial charge in [0.1, 0.15) is 18.5 Å². The van der Waals surface area contributed by atoms with Gasteiger partial charge in [-0.1, -0.05) is 35.3 Å². The van der Waals surface area contributed by atoms with Gasteiger partial charge >= 0.3 is 0 Å². The second-order valence-corrected chi connectivity index (χ2v) is 6.37. The maximum absolute atomic E-state index is 10.3. The summed E-state index contributed by atoms with van der Waals surface area (Å²) in [6.45, 7) is 0.322. The molecule has 0 aliphatic carbocycles. The highest BCUT2D eigenvalue weighted by Gasteiger charge is 2.13. The van der Waals surface area contributed by atoms with Gasteiger partial charge in [0.2, 0.25) is 5.62 Å². The number of hydrogen-bond donors (Lipinski definition) is 2. The first-order valence-electron chi connectivity index (χ1n) is 7.42. The molecular formula is C17H17Cl2N3O2. The van der Waals surface area contributed by atoms with Crippen LogP contribution in [0, 0.1) is 5.41 Å². The van der Waals surface area contributed by atoms with Crippen molar-refractivity contribution in [2.45, 2.75) is 12.6 Å². The Labute approximate surface area is 149 Å². The molecule has 24 heavy (non-hydrogen) atoms. The Morgan fingerprint density at radius 1 is 1.17 bits per heavy atom. The van der Waals surface area contributed by atoms with Gasteiger partial charge in [-0.05, 0) is 30.3 Å². The fourth-order valence-electron chi connectivity index (χ4n) is 2.61. The number of para-hydroxylation sites is 2. The minimum absolute atomic E-state index is 0.0665. The monoisotopic (exact) mass is 365 g/mol. The number of aryl methyl sites for hydroxylation is 1. The fourth-order valence-corrected chi connectivity index (χ4v) is 3.07. The van der Waals surface area contributed by atoms with E-state index in [-0.39, 0.29) is 13.2 Å². The van der Waals surface area contributed by atoms with E-state index in [1.165, 1.54) is 0 Å². The lowest BCUT2D eigenvalue weighted by molar-refractivity contribution is 0.0922. The van der Waals surface area contributed by atoms with Crippen molar-refractivity contribution < 1.29 is 9.84 Å². The lowest BCUT2D eigenvalue weighted by Gasteiger charge is -2.14. The first kappa shape index (κ1) is 16.9. The number of nitrogens with one attached hydrogen (secondary N) is 1. The van der Waals surface area contributed by atoms with E-state index in [9.17, 15) is 5.11 Å². The standard InChI is InChI=1S/C17H17Cl2N3O2/c1-21-14-4-2-3-5-15(14)22(17(21)20)9-12(23)10-24-16-7-6-11(18)8-13(16)19/h2-8,12,20,23H,9-10H2,1H3/t12-/m0/s1. The number of aliphatic hydroxyl groups is 1. The number of nitrogens with zero attached hydrogens (tertiary/aromatic N) is 2. The molecule has 7 heteroatoms. The van der Waals surface area contributed by atoms with Crippen LogP contribution in [0.15, 0.2) is 42.5 Å². The van der Waals surface area contributed by atoms with Crippen LogP contribution in [0.4, 0.5) is 0 Å². The average Bonchev–Trinajstić information content (AvgIpc) is 2.79. The summed E-state index contributed by atoms with van der Waals surface area (Å²) >= 11 is 11.9. The van der Waals surface area contributed by atoms with Crippen molar-refractivity contribution in [3.8, 4) is 5.75 Å². The van der Waals surface area contributed by atoms with Crippen LogP contribution >= 0.6 is 23.2 Å². The third-order valence-electron chi connectivity index (χ3n) is 3.83. The second kappa shape index (κ2) is 6.89. The number of halogens is 2. The minimum atomic E-state index is -0.781. The van der Waals surface area contributed by atoms with Gasteiger partial charge < -0.3 is 19.0 Å². The highest BCUT2D eigenvalue weighted by Crippen LogP contribution is 2.27. The molecule has 0 saturated heterocycles. The molecule has 0 spiro atoms. The molecule has 1 aromatic heterocycles. The van der Waals surface area contributed by atoms with Crippen molar-refractivity contribution >= 4 is 34.2 Å². The smallest absolute Gasteiger partial charge is 0.202 e. The molecule has 0 fully saturated rings. The number of rotatable bonds is 5. The van der Waals surface area contributed by atoms with E-state index in [0.29, 0.717) is 21.4 Å². The topological polar surface area (TPSA) is 63.2 Å². The molecule has 0 bridgehead atoms. The van der Waals surface area contributed by atoms with Gasteiger partial charge in [-0.15, -0.1) is 0 Å². The number of aromatic nitrogens is 2. The predicted octanol–water partition coefficient (Wildman–Crippen LogP) is 3.21. The molecule has 2 aromatic carbocycles. The molecule has 5 nitrogen and oxygen atoms in total. The van der Waals surface area contributed by atoms with E-state index in [1.54, 1.807) is 27.3 Å². The largest absolute Gasteiger partial charge is 0.489 e. The van der Waals surface area contributed by atoms with Gasteiger partial charge in [0.15, 0.2) is 0 Å². The van der Waals surface area contributed by atoms with E-state index >= 15 is 0 Å². The zero-order chi connectivity index (χ0) is 17.3. The number of hydrogen-bond acceptors (Lipinski definition) is 3. The van der Waals surface area contributed by atoms with Crippen LogP contribution in [-0.4, -0.2) is 27.0 Å². The van der Waals surface area contributed by atoms with E-state index in [4.69, 9.17) is 33.3 Å². The summed E-state index contributed by atoms with van der Waals surface area (Å²) in [6, 6.07) is 12.6. The van der Waals surface area contributed by atoms with Crippen molar-refractivity contribution in [1.29, 1.82) is 5.41 Å². The molecule has 0 amide bonds. The summed E-state index contributed by atoms with van der Waals surface area (Å²) in [5.74, 6) is 0.467. The molecule has 126 valence electrons. The Hall–Kier alpha value is -1.95. The number of ether oxygens (including phenoxy) is 1. The first-order valence-corrected chi connectivity index (χ1v) is 8.17. The molecule has 1 atom stereocenters. The van der Waals surface area contributed by atoms with E-state index in [1.807, 2.05) is 31.3 Å². The zero-order valence-corrected chi connectivity index (χ0v) is 14.6. The molecule has 0 aliphatic rings. The molecule has 0 saturated carbocycles. The van der Waals surface area contributed by atoms with Crippen LogP contribution < -0.4 is 10.4 Å². The quantitative estimate of drug-likeness (QED) is 0.729. The van der Waals surface area contributed by atoms with Crippen LogP contribution in [0.3, 0.4) is 0 Å². The molecule has 1 heterocycles. The summed E-state index contributed by atoms with van der Waals surface area (Å²) in [5, 5.41) is 19.4. The number of benzene rings is 2. The van der Waals surface area contributed by atoms with E-state index < -0.39 is 6.10 Å². The summed E-state index contributed by atoms with van der Waals surface area (Å²) < 4.78 is 9.10.